The molecule has 0 aromatic heterocycles. The minimum absolute atomic E-state index is 0.0110. The number of alkyl halides is 1. The Morgan fingerprint density at radius 2 is 1.85 bits per heavy atom. The number of fused-ring (bicyclic) bond motifs is 1. The Morgan fingerprint density at radius 1 is 1.15 bits per heavy atom. The molecule has 4 unspecified atom stereocenters. The molecule has 0 aromatic carbocycles. The zero-order valence-corrected chi connectivity index (χ0v) is 26.4. The number of aliphatic hydroxyl groups excluding tert-OH is 1. The Hall–Kier alpha value is -1.32. The van der Waals surface area contributed by atoms with Gasteiger partial charge in [0.1, 0.15) is 6.04 Å². The van der Waals surface area contributed by atoms with E-state index in [0.717, 1.165) is 44.9 Å². The van der Waals surface area contributed by atoms with Gasteiger partial charge in [0.15, 0.2) is 0 Å². The van der Waals surface area contributed by atoms with E-state index in [1.807, 2.05) is 21.6 Å². The van der Waals surface area contributed by atoms with E-state index < -0.39 is 22.6 Å². The number of hydrogen-bond acceptors (Lipinski definition) is 5. The summed E-state index contributed by atoms with van der Waals surface area (Å²) in [5.41, 5.74) is 0. The lowest BCUT2D eigenvalue weighted by Crippen LogP contribution is -2.57. The Labute approximate surface area is 247 Å². The van der Waals surface area contributed by atoms with E-state index in [0.29, 0.717) is 32.6 Å². The first-order chi connectivity index (χ1) is 18.7. The van der Waals surface area contributed by atoms with Gasteiger partial charge in [0, 0.05) is 48.9 Å². The van der Waals surface area contributed by atoms with Crippen molar-refractivity contribution in [3.05, 3.63) is 25.3 Å². The number of rotatable bonds is 17. The highest BCUT2D eigenvalue weighted by molar-refractivity contribution is 9.09. The lowest BCUT2D eigenvalue weighted by atomic mass is 9.70. The zero-order chi connectivity index (χ0) is 28.7. The molecule has 7 nitrogen and oxygen atoms in total. The summed E-state index contributed by atoms with van der Waals surface area (Å²) in [5.74, 6) is -1.00. The summed E-state index contributed by atoms with van der Waals surface area (Å²) in [6.07, 6.45) is 10.2. The molecule has 1 spiro atoms. The van der Waals surface area contributed by atoms with E-state index in [-0.39, 0.29) is 40.4 Å². The molecular weight excluding hydrogens is 578 g/mol. The van der Waals surface area contributed by atoms with Gasteiger partial charge in [-0.1, -0.05) is 61.2 Å². The first kappa shape index (κ1) is 32.2. The molecule has 39 heavy (non-hydrogen) atoms. The molecule has 220 valence electrons. The van der Waals surface area contributed by atoms with Crippen molar-refractivity contribution in [3.8, 4) is 0 Å². The van der Waals surface area contributed by atoms with Crippen molar-refractivity contribution in [1.82, 2.24) is 14.7 Å². The first-order valence-corrected chi connectivity index (χ1v) is 16.6. The van der Waals surface area contributed by atoms with E-state index in [4.69, 9.17) is 0 Å². The highest BCUT2D eigenvalue weighted by Gasteiger charge is 2.76. The Balaban J connectivity index is 2.02. The number of carbonyl (C=O) groups is 3. The van der Waals surface area contributed by atoms with Gasteiger partial charge in [-0.2, -0.15) is 0 Å². The van der Waals surface area contributed by atoms with Crippen LogP contribution >= 0.6 is 27.7 Å². The highest BCUT2D eigenvalue weighted by Crippen LogP contribution is 2.68. The van der Waals surface area contributed by atoms with Gasteiger partial charge in [-0.15, -0.1) is 24.9 Å². The fraction of sp³-hybridized carbons (Fsp3) is 0.767. The molecule has 9 heteroatoms. The Kier molecular flexibility index (Phi) is 12.0. The summed E-state index contributed by atoms with van der Waals surface area (Å²) < 4.78 is -0.629. The molecule has 0 aliphatic carbocycles. The highest BCUT2D eigenvalue weighted by atomic mass is 79.9. The Morgan fingerprint density at radius 3 is 2.46 bits per heavy atom. The van der Waals surface area contributed by atoms with Crippen LogP contribution in [0.3, 0.4) is 0 Å². The third-order valence-corrected chi connectivity index (χ3v) is 11.8. The summed E-state index contributed by atoms with van der Waals surface area (Å²) in [6.45, 7) is 16.2. The molecule has 3 amide bonds. The second kappa shape index (κ2) is 14.5. The summed E-state index contributed by atoms with van der Waals surface area (Å²) in [6, 6.07) is -0.565. The van der Waals surface area contributed by atoms with Crippen LogP contribution < -0.4 is 0 Å². The first-order valence-electron chi connectivity index (χ1n) is 14.8. The number of carbonyl (C=O) groups excluding carboxylic acids is 3. The van der Waals surface area contributed by atoms with Crippen LogP contribution in [0.15, 0.2) is 25.3 Å². The van der Waals surface area contributed by atoms with Crippen molar-refractivity contribution in [2.45, 2.75) is 99.0 Å². The number of nitrogens with zero attached hydrogens (tertiary/aromatic N) is 3. The predicted octanol–water partition coefficient (Wildman–Crippen LogP) is 4.63. The molecule has 1 N–H and O–H groups in total. The van der Waals surface area contributed by atoms with Crippen LogP contribution in [0.5, 0.6) is 0 Å². The molecular formula is C30H48BrN3O4S. The van der Waals surface area contributed by atoms with Gasteiger partial charge in [-0.25, -0.2) is 0 Å². The summed E-state index contributed by atoms with van der Waals surface area (Å²) in [5, 5.41) is 9.13. The number of unbranched alkanes of at least 4 members (excludes halogenated alkanes) is 3. The van der Waals surface area contributed by atoms with Gasteiger partial charge < -0.3 is 19.8 Å². The molecule has 3 heterocycles. The van der Waals surface area contributed by atoms with E-state index in [1.165, 1.54) is 0 Å². The third kappa shape index (κ3) is 6.30. The molecule has 3 aliphatic heterocycles. The molecule has 3 saturated heterocycles. The second-order valence-electron chi connectivity index (χ2n) is 11.3. The number of hydrogen-bond donors (Lipinski definition) is 1. The Bertz CT molecular complexity index is 903. The smallest absolute Gasteiger partial charge is 0.247 e. The normalized spacial score (nSPS) is 29.8. The van der Waals surface area contributed by atoms with Crippen LogP contribution in [0.1, 0.15) is 72.1 Å². The van der Waals surface area contributed by atoms with Gasteiger partial charge >= 0.3 is 0 Å². The number of halogens is 1. The summed E-state index contributed by atoms with van der Waals surface area (Å²) in [7, 11) is 0. The monoisotopic (exact) mass is 625 g/mol. The van der Waals surface area contributed by atoms with Gasteiger partial charge in [-0.3, -0.25) is 14.4 Å². The van der Waals surface area contributed by atoms with E-state index >= 15 is 0 Å². The fourth-order valence-electron chi connectivity index (χ4n) is 6.96. The van der Waals surface area contributed by atoms with Gasteiger partial charge in [-0.05, 0) is 39.0 Å². The van der Waals surface area contributed by atoms with Crippen LogP contribution in [0, 0.1) is 11.8 Å². The third-order valence-electron chi connectivity index (χ3n) is 8.62. The molecule has 0 aromatic rings. The number of likely N-dealkylation sites (tertiary alicyclic amines) is 1. The maximum absolute atomic E-state index is 14.5. The molecule has 2 bridgehead atoms. The van der Waals surface area contributed by atoms with Crippen LogP contribution in [0.2, 0.25) is 0 Å². The van der Waals surface area contributed by atoms with Crippen LogP contribution in [-0.2, 0) is 14.4 Å². The van der Waals surface area contributed by atoms with Gasteiger partial charge in [0.2, 0.25) is 17.7 Å². The molecule has 3 fully saturated rings. The number of thioether (sulfide) groups is 1. The maximum atomic E-state index is 14.5. The SMILES string of the molecule is C=CCN(CCC)C(=O)[C@H]1[C@@H]2SC3(CC2Br)C(C(=O)N(CC=C)C(C)CCC)N(CCCCCCO)C(=O)[C@H]13. The predicted molar refractivity (Wildman–Crippen MR) is 163 cm³/mol. The van der Waals surface area contributed by atoms with Crippen molar-refractivity contribution < 1.29 is 19.5 Å². The minimum Gasteiger partial charge on any atom is -0.396 e. The molecule has 0 saturated carbocycles. The average molecular weight is 627 g/mol. The van der Waals surface area contributed by atoms with Gasteiger partial charge in [0.05, 0.1) is 16.6 Å². The zero-order valence-electron chi connectivity index (χ0n) is 24.0. The van der Waals surface area contributed by atoms with Crippen molar-refractivity contribution >= 4 is 45.4 Å². The standard InChI is InChI=1S/C30H48BrN3O4S/c1-6-14-21(5)33(17-9-4)29(38)26-30-20-22(31)25(39-30)23(27(36)32(15-7-2)16-8-3)24(30)28(37)34(26)18-12-10-11-13-19-35/h7,9,21-26,35H,2,4,6,8,10-20H2,1,3,5H3/t21?,22?,23-,24+,25-,26?,30?/m1/s1. The van der Waals surface area contributed by atoms with Crippen LogP contribution in [0.25, 0.3) is 0 Å². The van der Waals surface area contributed by atoms with E-state index in [9.17, 15) is 19.5 Å². The quantitative estimate of drug-likeness (QED) is 0.145. The maximum Gasteiger partial charge on any atom is 0.247 e. The van der Waals surface area contributed by atoms with Crippen LogP contribution in [0.4, 0.5) is 0 Å². The average Bonchev–Trinajstić information content (AvgIpc) is 3.49. The topological polar surface area (TPSA) is 81.2 Å². The van der Waals surface area contributed by atoms with Crippen molar-refractivity contribution in [1.29, 1.82) is 0 Å². The molecule has 7 atom stereocenters. The van der Waals surface area contributed by atoms with Gasteiger partial charge in [0.25, 0.3) is 0 Å². The number of amides is 3. The molecule has 3 rings (SSSR count). The minimum atomic E-state index is -0.629. The van der Waals surface area contributed by atoms with E-state index in [1.54, 1.807) is 23.9 Å². The summed E-state index contributed by atoms with van der Waals surface area (Å²) >= 11 is 5.59. The second-order valence-corrected chi connectivity index (χ2v) is 14.0. The van der Waals surface area contributed by atoms with Crippen LogP contribution in [-0.4, -0.2) is 97.2 Å². The van der Waals surface area contributed by atoms with E-state index in [2.05, 4.69) is 42.9 Å². The lowest BCUT2D eigenvalue weighted by Gasteiger charge is -2.40. The summed E-state index contributed by atoms with van der Waals surface area (Å²) in [4.78, 5) is 48.5. The van der Waals surface area contributed by atoms with Crippen molar-refractivity contribution in [2.24, 2.45) is 11.8 Å². The lowest BCUT2D eigenvalue weighted by molar-refractivity contribution is -0.145. The van der Waals surface area contributed by atoms with Crippen molar-refractivity contribution in [2.75, 3.05) is 32.8 Å². The van der Waals surface area contributed by atoms with Crippen molar-refractivity contribution in [3.63, 3.8) is 0 Å². The largest absolute Gasteiger partial charge is 0.396 e. The fourth-order valence-corrected chi connectivity index (χ4v) is 10.6. The number of aliphatic hydroxyl groups is 1. The molecule has 3 aliphatic rings. The molecule has 0 radical (unpaired) electrons.